The van der Waals surface area contributed by atoms with Gasteiger partial charge in [-0.25, -0.2) is 4.79 Å². The summed E-state index contributed by atoms with van der Waals surface area (Å²) in [4.78, 5) is 30.5. The Morgan fingerprint density at radius 1 is 1.12 bits per heavy atom. The molecule has 182 valence electrons. The number of carboxylic acid groups (broad SMARTS) is 1. The van der Waals surface area contributed by atoms with Crippen molar-refractivity contribution in [1.29, 1.82) is 0 Å². The first kappa shape index (κ1) is 22.9. The number of aliphatic carboxylic acids is 1. The van der Waals surface area contributed by atoms with E-state index in [1.54, 1.807) is 0 Å². The Kier molecular flexibility index (Phi) is 5.82. The molecule has 0 aromatic carbocycles. The lowest BCUT2D eigenvalue weighted by molar-refractivity contribution is -0.150. The minimum atomic E-state index is -0.950. The summed E-state index contributed by atoms with van der Waals surface area (Å²) in [5, 5.41) is 24.2. The summed E-state index contributed by atoms with van der Waals surface area (Å²) in [5.41, 5.74) is 2.66. The molecule has 0 bridgehead atoms. The first-order chi connectivity index (χ1) is 15.7. The molecule has 5 aliphatic rings. The third-order valence-electron chi connectivity index (χ3n) is 10.2. The Morgan fingerprint density at radius 3 is 2.73 bits per heavy atom. The molecule has 3 saturated carbocycles. The van der Waals surface area contributed by atoms with Crippen molar-refractivity contribution >= 4 is 17.6 Å². The summed E-state index contributed by atoms with van der Waals surface area (Å²) in [6, 6.07) is -0.736. The van der Waals surface area contributed by atoms with Crippen molar-refractivity contribution < 1.29 is 24.6 Å². The van der Waals surface area contributed by atoms with Gasteiger partial charge in [-0.05, 0) is 98.9 Å². The Balaban J connectivity index is 1.24. The molecule has 4 fully saturated rings. The number of carboxylic acids is 1. The Hall–Kier alpha value is -1.89. The maximum absolute atomic E-state index is 12.4. The van der Waals surface area contributed by atoms with E-state index in [1.165, 1.54) is 29.7 Å². The van der Waals surface area contributed by atoms with E-state index in [0.717, 1.165) is 37.8 Å². The smallest absolute Gasteiger partial charge is 0.326 e. The predicted octanol–water partition coefficient (Wildman–Crippen LogP) is 3.76. The van der Waals surface area contributed by atoms with E-state index < -0.39 is 12.0 Å². The van der Waals surface area contributed by atoms with E-state index in [4.69, 9.17) is 4.84 Å². The van der Waals surface area contributed by atoms with Gasteiger partial charge in [0.05, 0.1) is 11.8 Å². The number of fused-ring (bicyclic) bond motifs is 5. The molecule has 0 spiro atoms. The van der Waals surface area contributed by atoms with Gasteiger partial charge in [0.2, 0.25) is 0 Å². The number of carbonyl (C=O) groups is 2. The maximum Gasteiger partial charge on any atom is 0.326 e. The lowest BCUT2D eigenvalue weighted by Crippen LogP contribution is -2.51. The van der Waals surface area contributed by atoms with Crippen molar-refractivity contribution in [3.05, 3.63) is 11.6 Å². The Morgan fingerprint density at radius 2 is 1.94 bits per heavy atom. The van der Waals surface area contributed by atoms with Crippen LogP contribution < -0.4 is 0 Å². The number of allylic oxidation sites excluding steroid dienone is 2. The molecular weight excluding hydrogens is 420 g/mol. The summed E-state index contributed by atoms with van der Waals surface area (Å²) < 4.78 is 0. The molecule has 7 heteroatoms. The summed E-state index contributed by atoms with van der Waals surface area (Å²) in [5.74, 6) is 0.775. The fourth-order valence-corrected chi connectivity index (χ4v) is 8.19. The quantitative estimate of drug-likeness (QED) is 0.625. The molecule has 33 heavy (non-hydrogen) atoms. The topological polar surface area (TPSA) is 99.4 Å². The number of likely N-dealkylation sites (tertiary alicyclic amines) is 1. The number of hydrogen-bond acceptors (Lipinski definition) is 5. The zero-order valence-corrected chi connectivity index (χ0v) is 20.0. The third-order valence-corrected chi connectivity index (χ3v) is 10.2. The molecule has 1 heterocycles. The highest BCUT2D eigenvalue weighted by molar-refractivity contribution is 5.96. The van der Waals surface area contributed by atoms with Crippen LogP contribution in [0, 0.1) is 28.6 Å². The van der Waals surface area contributed by atoms with Gasteiger partial charge in [0.15, 0.2) is 6.61 Å². The van der Waals surface area contributed by atoms with Gasteiger partial charge in [0.1, 0.15) is 6.04 Å². The van der Waals surface area contributed by atoms with Crippen LogP contribution in [-0.4, -0.2) is 58.0 Å². The number of aliphatic hydroxyl groups excluding tert-OH is 1. The van der Waals surface area contributed by atoms with Crippen molar-refractivity contribution in [2.75, 3.05) is 13.2 Å². The van der Waals surface area contributed by atoms with E-state index >= 15 is 0 Å². The molecule has 7 nitrogen and oxygen atoms in total. The number of rotatable bonds is 4. The van der Waals surface area contributed by atoms with Gasteiger partial charge in [-0.3, -0.25) is 4.79 Å². The fraction of sp³-hybridized carbons (Fsp3) is 0.808. The number of carbonyl (C=O) groups excluding carboxylic acids is 1. The largest absolute Gasteiger partial charge is 0.480 e. The molecular formula is C26H38N2O5. The Bertz CT molecular complexity index is 884. The van der Waals surface area contributed by atoms with Crippen LogP contribution in [-0.2, 0) is 14.4 Å². The Labute approximate surface area is 196 Å². The molecule has 0 aromatic heterocycles. The second-order valence-electron chi connectivity index (χ2n) is 11.6. The number of hydrogen-bond donors (Lipinski definition) is 2. The predicted molar refractivity (Wildman–Crippen MR) is 123 cm³/mol. The highest BCUT2D eigenvalue weighted by atomic mass is 16.6. The lowest BCUT2D eigenvalue weighted by atomic mass is 9.47. The molecule has 0 unspecified atom stereocenters. The molecule has 2 N–H and O–H groups in total. The van der Waals surface area contributed by atoms with Crippen LogP contribution >= 0.6 is 0 Å². The fourth-order valence-electron chi connectivity index (χ4n) is 8.19. The highest BCUT2D eigenvalue weighted by Gasteiger charge is 2.58. The van der Waals surface area contributed by atoms with E-state index in [9.17, 15) is 19.8 Å². The molecule has 4 aliphatic carbocycles. The average Bonchev–Trinajstić information content (AvgIpc) is 3.39. The third kappa shape index (κ3) is 3.71. The summed E-state index contributed by atoms with van der Waals surface area (Å²) in [6.45, 7) is 5.02. The normalized spacial score (nSPS) is 43.5. The highest BCUT2D eigenvalue weighted by Crippen LogP contribution is 2.65. The lowest BCUT2D eigenvalue weighted by Gasteiger charge is -2.57. The molecule has 5 rings (SSSR count). The van der Waals surface area contributed by atoms with E-state index in [-0.39, 0.29) is 29.4 Å². The van der Waals surface area contributed by atoms with Crippen molar-refractivity contribution in [3.63, 3.8) is 0 Å². The van der Waals surface area contributed by atoms with Crippen LogP contribution in [0.15, 0.2) is 16.8 Å². The van der Waals surface area contributed by atoms with Crippen LogP contribution in [0.4, 0.5) is 0 Å². The van der Waals surface area contributed by atoms with Crippen molar-refractivity contribution in [2.45, 2.75) is 90.2 Å². The summed E-state index contributed by atoms with van der Waals surface area (Å²) in [6.07, 6.45) is 11.9. The average molecular weight is 459 g/mol. The van der Waals surface area contributed by atoms with Crippen LogP contribution in [0.5, 0.6) is 0 Å². The maximum atomic E-state index is 12.4. The first-order valence-corrected chi connectivity index (χ1v) is 12.8. The zero-order chi connectivity index (χ0) is 23.4. The molecule has 1 amide bonds. The second kappa shape index (κ2) is 8.40. The molecule has 1 aliphatic heterocycles. The minimum absolute atomic E-state index is 0.107. The zero-order valence-electron chi connectivity index (χ0n) is 20.0. The van der Waals surface area contributed by atoms with Crippen molar-refractivity contribution in [2.24, 2.45) is 33.7 Å². The molecule has 0 aromatic rings. The molecule has 0 radical (unpaired) electrons. The number of oxime groups is 1. The van der Waals surface area contributed by atoms with E-state index in [1.807, 2.05) is 0 Å². The number of nitrogens with zero attached hydrogens (tertiary/aromatic N) is 2. The number of amides is 1. The standard InChI is InChI=1S/C26H38N2O5/c1-25-11-9-17(27-33-15-23(30)28-13-3-4-21(28)24(31)32)14-16(25)5-6-18-19-7-8-22(29)26(19,2)12-10-20(18)25/h14,18-22,29H,3-13,15H2,1-2H3,(H,31,32)/b27-17+/t18-,19-,20-,21-,22-,25-,26-/m0/s1. The monoisotopic (exact) mass is 458 g/mol. The minimum Gasteiger partial charge on any atom is -0.480 e. The van der Waals surface area contributed by atoms with Crippen LogP contribution in [0.1, 0.15) is 78.1 Å². The van der Waals surface area contributed by atoms with Gasteiger partial charge >= 0.3 is 5.97 Å². The van der Waals surface area contributed by atoms with E-state index in [0.29, 0.717) is 37.1 Å². The van der Waals surface area contributed by atoms with Gasteiger partial charge in [-0.2, -0.15) is 0 Å². The second-order valence-corrected chi connectivity index (χ2v) is 11.6. The van der Waals surface area contributed by atoms with Gasteiger partial charge in [0, 0.05) is 6.54 Å². The first-order valence-electron chi connectivity index (χ1n) is 12.8. The molecule has 7 atom stereocenters. The van der Waals surface area contributed by atoms with Crippen LogP contribution in [0.3, 0.4) is 0 Å². The number of aliphatic hydroxyl groups is 1. The SMILES string of the molecule is C[C@]12CC[C@H]3[C@@H](CCC4=C/C(=N/OCC(=O)N5CCC[C@H]5C(=O)O)CC[C@@]43C)[C@@H]1CC[C@@H]2O. The van der Waals surface area contributed by atoms with Gasteiger partial charge < -0.3 is 20.0 Å². The van der Waals surface area contributed by atoms with Crippen molar-refractivity contribution in [1.82, 2.24) is 4.90 Å². The summed E-state index contributed by atoms with van der Waals surface area (Å²) >= 11 is 0. The van der Waals surface area contributed by atoms with Crippen LogP contribution in [0.2, 0.25) is 0 Å². The molecule has 1 saturated heterocycles. The van der Waals surface area contributed by atoms with Crippen molar-refractivity contribution in [3.8, 4) is 0 Å². The van der Waals surface area contributed by atoms with Gasteiger partial charge in [-0.1, -0.05) is 24.6 Å². The van der Waals surface area contributed by atoms with E-state index in [2.05, 4.69) is 25.1 Å². The van der Waals surface area contributed by atoms with Crippen LogP contribution in [0.25, 0.3) is 0 Å². The van der Waals surface area contributed by atoms with Gasteiger partial charge in [0.25, 0.3) is 5.91 Å². The summed E-state index contributed by atoms with van der Waals surface area (Å²) in [7, 11) is 0. The van der Waals surface area contributed by atoms with Gasteiger partial charge in [-0.15, -0.1) is 0 Å².